The average molecular weight is 308 g/mol. The van der Waals surface area contributed by atoms with E-state index in [4.69, 9.17) is 16.3 Å². The molecule has 0 radical (unpaired) electrons. The zero-order valence-corrected chi connectivity index (χ0v) is 13.5. The number of aryl methyl sites for hydroxylation is 1. The second kappa shape index (κ2) is 7.48. The van der Waals surface area contributed by atoms with Gasteiger partial charge in [-0.15, -0.1) is 0 Å². The number of nitrogens with one attached hydrogen (secondary N) is 1. The first-order valence-corrected chi connectivity index (χ1v) is 7.63. The maximum atomic E-state index is 6.05. The van der Waals surface area contributed by atoms with Crippen LogP contribution in [-0.2, 0) is 7.05 Å². The minimum Gasteiger partial charge on any atom is -0.489 e. The summed E-state index contributed by atoms with van der Waals surface area (Å²) in [7, 11) is 1.95. The van der Waals surface area contributed by atoms with Gasteiger partial charge in [0.1, 0.15) is 11.9 Å². The van der Waals surface area contributed by atoms with Crippen molar-refractivity contribution in [2.45, 2.75) is 32.4 Å². The van der Waals surface area contributed by atoms with E-state index in [2.05, 4.69) is 24.3 Å². The fourth-order valence-electron chi connectivity index (χ4n) is 2.32. The van der Waals surface area contributed by atoms with Crippen LogP contribution in [0, 0.1) is 0 Å². The van der Waals surface area contributed by atoms with Crippen molar-refractivity contribution in [3.63, 3.8) is 0 Å². The van der Waals surface area contributed by atoms with Gasteiger partial charge in [0.2, 0.25) is 0 Å². The highest BCUT2D eigenvalue weighted by molar-refractivity contribution is 6.30. The lowest BCUT2D eigenvalue weighted by atomic mass is 10.1. The molecule has 0 amide bonds. The standard InChI is InChI=1S/C16H22ClN3O/c1-4-9-18-16(15-8-10-19-20(15)3)12(2)21-14-7-5-6-13(17)11-14/h5-8,10-12,16,18H,4,9H2,1-3H3. The lowest BCUT2D eigenvalue weighted by Crippen LogP contribution is -2.35. The Morgan fingerprint density at radius 2 is 2.19 bits per heavy atom. The van der Waals surface area contributed by atoms with Crippen molar-refractivity contribution in [1.29, 1.82) is 0 Å². The monoisotopic (exact) mass is 307 g/mol. The summed E-state index contributed by atoms with van der Waals surface area (Å²) in [6.45, 7) is 5.14. The van der Waals surface area contributed by atoms with E-state index in [0.29, 0.717) is 5.02 Å². The number of nitrogens with zero attached hydrogens (tertiary/aromatic N) is 2. The largest absolute Gasteiger partial charge is 0.489 e. The van der Waals surface area contributed by atoms with Crippen LogP contribution < -0.4 is 10.1 Å². The van der Waals surface area contributed by atoms with Gasteiger partial charge < -0.3 is 10.1 Å². The van der Waals surface area contributed by atoms with Gasteiger partial charge in [-0.1, -0.05) is 24.6 Å². The van der Waals surface area contributed by atoms with Crippen LogP contribution >= 0.6 is 11.6 Å². The molecule has 2 unspecified atom stereocenters. The van der Waals surface area contributed by atoms with Crippen molar-refractivity contribution in [2.75, 3.05) is 6.54 Å². The maximum Gasteiger partial charge on any atom is 0.121 e. The van der Waals surface area contributed by atoms with Crippen molar-refractivity contribution in [3.05, 3.63) is 47.2 Å². The van der Waals surface area contributed by atoms with Crippen LogP contribution in [0.15, 0.2) is 36.5 Å². The highest BCUT2D eigenvalue weighted by Crippen LogP contribution is 2.23. The molecular weight excluding hydrogens is 286 g/mol. The molecule has 1 aromatic carbocycles. The van der Waals surface area contributed by atoms with Crippen LogP contribution in [0.1, 0.15) is 32.0 Å². The molecular formula is C16H22ClN3O. The van der Waals surface area contributed by atoms with E-state index in [1.165, 1.54) is 0 Å². The van der Waals surface area contributed by atoms with Crippen molar-refractivity contribution >= 4 is 11.6 Å². The zero-order valence-electron chi connectivity index (χ0n) is 12.7. The number of aromatic nitrogens is 2. The molecule has 0 fully saturated rings. The summed E-state index contributed by atoms with van der Waals surface area (Å²) in [6, 6.07) is 9.58. The van der Waals surface area contributed by atoms with Gasteiger partial charge >= 0.3 is 0 Å². The van der Waals surface area contributed by atoms with Crippen LogP contribution in [0.2, 0.25) is 5.02 Å². The Hall–Kier alpha value is -1.52. The highest BCUT2D eigenvalue weighted by Gasteiger charge is 2.23. The summed E-state index contributed by atoms with van der Waals surface area (Å²) in [5.74, 6) is 0.778. The van der Waals surface area contributed by atoms with Crippen LogP contribution in [0.4, 0.5) is 0 Å². The van der Waals surface area contributed by atoms with Gasteiger partial charge in [-0.25, -0.2) is 0 Å². The van der Waals surface area contributed by atoms with Gasteiger partial charge in [0.15, 0.2) is 0 Å². The minimum atomic E-state index is -0.0367. The summed E-state index contributed by atoms with van der Waals surface area (Å²) in [5.41, 5.74) is 1.11. The van der Waals surface area contributed by atoms with Crippen molar-refractivity contribution in [1.82, 2.24) is 15.1 Å². The quantitative estimate of drug-likeness (QED) is 0.850. The van der Waals surface area contributed by atoms with E-state index in [9.17, 15) is 0 Å². The first kappa shape index (κ1) is 15.9. The summed E-state index contributed by atoms with van der Waals surface area (Å²) in [5, 5.41) is 8.46. The molecule has 0 bridgehead atoms. The maximum absolute atomic E-state index is 6.05. The molecule has 114 valence electrons. The lowest BCUT2D eigenvalue weighted by molar-refractivity contribution is 0.166. The van der Waals surface area contributed by atoms with Crippen molar-refractivity contribution < 1.29 is 4.74 Å². The van der Waals surface area contributed by atoms with Crippen LogP contribution in [-0.4, -0.2) is 22.4 Å². The second-order valence-electron chi connectivity index (χ2n) is 5.09. The van der Waals surface area contributed by atoms with E-state index in [0.717, 1.165) is 24.4 Å². The van der Waals surface area contributed by atoms with Crippen molar-refractivity contribution in [3.8, 4) is 5.75 Å². The summed E-state index contributed by atoms with van der Waals surface area (Å²) < 4.78 is 7.93. The second-order valence-corrected chi connectivity index (χ2v) is 5.53. The molecule has 1 heterocycles. The van der Waals surface area contributed by atoms with Gasteiger partial charge in [-0.2, -0.15) is 5.10 Å². The molecule has 2 atom stereocenters. The molecule has 0 aliphatic heterocycles. The van der Waals surface area contributed by atoms with E-state index in [-0.39, 0.29) is 12.1 Å². The van der Waals surface area contributed by atoms with Gasteiger partial charge in [0.05, 0.1) is 11.7 Å². The third kappa shape index (κ3) is 4.22. The Morgan fingerprint density at radius 3 is 2.81 bits per heavy atom. The molecule has 0 saturated carbocycles. The first-order chi connectivity index (χ1) is 10.1. The minimum absolute atomic E-state index is 0.0367. The first-order valence-electron chi connectivity index (χ1n) is 7.25. The molecule has 1 aromatic heterocycles. The van der Waals surface area contributed by atoms with Crippen LogP contribution in [0.25, 0.3) is 0 Å². The smallest absolute Gasteiger partial charge is 0.121 e. The molecule has 1 N–H and O–H groups in total. The molecule has 21 heavy (non-hydrogen) atoms. The van der Waals surface area contributed by atoms with E-state index in [1.807, 2.05) is 48.3 Å². The molecule has 0 aliphatic rings. The predicted octanol–water partition coefficient (Wildman–Crippen LogP) is 3.58. The van der Waals surface area contributed by atoms with E-state index < -0.39 is 0 Å². The Labute approximate surface area is 131 Å². The molecule has 0 saturated heterocycles. The van der Waals surface area contributed by atoms with Crippen LogP contribution in [0.3, 0.4) is 0 Å². The molecule has 0 aliphatic carbocycles. The normalized spacial score (nSPS) is 13.9. The van der Waals surface area contributed by atoms with E-state index >= 15 is 0 Å². The Bertz CT molecular complexity index is 570. The van der Waals surface area contributed by atoms with E-state index in [1.54, 1.807) is 0 Å². The van der Waals surface area contributed by atoms with Crippen LogP contribution in [0.5, 0.6) is 5.75 Å². The molecule has 0 spiro atoms. The summed E-state index contributed by atoms with van der Waals surface area (Å²) in [6.07, 6.45) is 2.84. The number of hydrogen-bond donors (Lipinski definition) is 1. The predicted molar refractivity (Wildman–Crippen MR) is 85.8 cm³/mol. The summed E-state index contributed by atoms with van der Waals surface area (Å²) in [4.78, 5) is 0. The van der Waals surface area contributed by atoms with Gasteiger partial charge in [0, 0.05) is 18.3 Å². The Kier molecular flexibility index (Phi) is 5.65. The SMILES string of the molecule is CCCNC(c1ccnn1C)C(C)Oc1cccc(Cl)c1. The van der Waals surface area contributed by atoms with Gasteiger partial charge in [0.25, 0.3) is 0 Å². The lowest BCUT2D eigenvalue weighted by Gasteiger charge is -2.26. The Balaban J connectivity index is 2.14. The molecule has 2 rings (SSSR count). The number of benzene rings is 1. The third-order valence-corrected chi connectivity index (χ3v) is 3.61. The fourth-order valence-corrected chi connectivity index (χ4v) is 2.50. The van der Waals surface area contributed by atoms with Crippen molar-refractivity contribution in [2.24, 2.45) is 7.05 Å². The highest BCUT2D eigenvalue weighted by atomic mass is 35.5. The number of ether oxygens (including phenoxy) is 1. The number of halogens is 1. The summed E-state index contributed by atoms with van der Waals surface area (Å²) >= 11 is 6.01. The number of rotatable bonds is 7. The topological polar surface area (TPSA) is 39.1 Å². The third-order valence-electron chi connectivity index (χ3n) is 3.38. The molecule has 4 nitrogen and oxygen atoms in total. The average Bonchev–Trinajstić information content (AvgIpc) is 2.86. The zero-order chi connectivity index (χ0) is 15.2. The van der Waals surface area contributed by atoms with Gasteiger partial charge in [-0.3, -0.25) is 4.68 Å². The fraction of sp³-hybridized carbons (Fsp3) is 0.438. The Morgan fingerprint density at radius 1 is 1.38 bits per heavy atom. The number of hydrogen-bond acceptors (Lipinski definition) is 3. The van der Waals surface area contributed by atoms with Gasteiger partial charge in [-0.05, 0) is 44.2 Å². The molecule has 2 aromatic rings. The molecule has 5 heteroatoms.